The van der Waals surface area contributed by atoms with Gasteiger partial charge in [0, 0.05) is 36.5 Å². The van der Waals surface area contributed by atoms with E-state index in [1.807, 2.05) is 0 Å². The molecule has 1 heterocycles. The first kappa shape index (κ1) is 34.5. The van der Waals surface area contributed by atoms with Crippen molar-refractivity contribution >= 4 is 26.0 Å². The Balaban J connectivity index is 1.55. The lowest BCUT2D eigenvalue weighted by Gasteiger charge is -2.43. The molecule has 8 nitrogen and oxygen atoms in total. The number of piperidine rings is 1. The van der Waals surface area contributed by atoms with Crippen molar-refractivity contribution in [1.29, 1.82) is 0 Å². The van der Waals surface area contributed by atoms with E-state index in [2.05, 4.69) is 5.32 Å². The minimum atomic E-state index is -6.37. The van der Waals surface area contributed by atoms with Gasteiger partial charge >= 0.3 is 18.0 Å². The van der Waals surface area contributed by atoms with Crippen molar-refractivity contribution in [3.05, 3.63) is 65.0 Å². The third-order valence-electron chi connectivity index (χ3n) is 9.49. The molecule has 0 radical (unpaired) electrons. The number of benzene rings is 2. The van der Waals surface area contributed by atoms with E-state index in [0.29, 0.717) is 6.07 Å². The van der Waals surface area contributed by atoms with Crippen LogP contribution in [-0.4, -0.2) is 58.5 Å². The molecule has 2 aromatic carbocycles. The van der Waals surface area contributed by atoms with Crippen LogP contribution in [0.25, 0.3) is 0 Å². The fourth-order valence-corrected chi connectivity index (χ4v) is 10.4. The van der Waals surface area contributed by atoms with Gasteiger partial charge in [-0.2, -0.15) is 39.1 Å². The molecule has 1 aliphatic heterocycles. The minimum Gasteiger partial charge on any atom is -0.353 e. The number of fused-ring (bicyclic) bond motifs is 3. The number of nitrogens with zero attached hydrogens (tertiary/aromatic N) is 1. The van der Waals surface area contributed by atoms with Crippen molar-refractivity contribution in [3.63, 3.8) is 0 Å². The molecule has 0 spiro atoms. The molecule has 3 aliphatic rings. The molecule has 1 saturated heterocycles. The molecule has 2 aromatic rings. The maximum absolute atomic E-state index is 15.0. The molecular formula is C28H29F8N3O5S2. The van der Waals surface area contributed by atoms with Crippen molar-refractivity contribution in [2.75, 3.05) is 13.1 Å². The summed E-state index contributed by atoms with van der Waals surface area (Å²) in [5.74, 6) is -2.80. The van der Waals surface area contributed by atoms with Crippen molar-refractivity contribution in [1.82, 2.24) is 9.62 Å². The molecule has 3 N–H and O–H groups in total. The third-order valence-corrected chi connectivity index (χ3v) is 13.2. The average Bonchev–Trinajstić information content (AvgIpc) is 3.35. The Morgan fingerprint density at radius 2 is 1.46 bits per heavy atom. The first-order valence-corrected chi connectivity index (χ1v) is 17.2. The van der Waals surface area contributed by atoms with Gasteiger partial charge in [0.2, 0.25) is 5.91 Å². The summed E-state index contributed by atoms with van der Waals surface area (Å²) in [6.45, 7) is -0.0367. The van der Waals surface area contributed by atoms with Crippen molar-refractivity contribution in [2.24, 2.45) is 17.0 Å². The number of rotatable bonds is 6. The summed E-state index contributed by atoms with van der Waals surface area (Å²) in [6, 6.07) is 4.41. The van der Waals surface area contributed by atoms with Crippen LogP contribution in [0.2, 0.25) is 0 Å². The first-order valence-electron chi connectivity index (χ1n) is 14.2. The molecule has 18 heteroatoms. The quantitative estimate of drug-likeness (QED) is 0.338. The van der Waals surface area contributed by atoms with E-state index in [0.717, 1.165) is 34.6 Å². The van der Waals surface area contributed by atoms with E-state index in [9.17, 15) is 56.8 Å². The van der Waals surface area contributed by atoms with Gasteiger partial charge < -0.3 is 5.32 Å². The highest BCUT2D eigenvalue weighted by atomic mass is 32.2. The van der Waals surface area contributed by atoms with Crippen LogP contribution in [0.15, 0.2) is 47.4 Å². The molecule has 2 fully saturated rings. The molecule has 0 unspecified atom stereocenters. The van der Waals surface area contributed by atoms with Crippen LogP contribution in [0.4, 0.5) is 35.1 Å². The lowest BCUT2D eigenvalue weighted by atomic mass is 9.73. The molecular weight excluding hydrogens is 674 g/mol. The number of hydrogen-bond acceptors (Lipinski definition) is 5. The summed E-state index contributed by atoms with van der Waals surface area (Å²) in [5, 5.41) is 8.00. The highest BCUT2D eigenvalue weighted by Gasteiger charge is 2.73. The molecule has 46 heavy (non-hydrogen) atoms. The highest BCUT2D eigenvalue weighted by molar-refractivity contribution is 7.92. The summed E-state index contributed by atoms with van der Waals surface area (Å²) < 4.78 is 161. The van der Waals surface area contributed by atoms with E-state index in [-0.39, 0.29) is 73.7 Å². The largest absolute Gasteiger partial charge is 0.435 e. The van der Waals surface area contributed by atoms with E-state index in [1.54, 1.807) is 0 Å². The summed E-state index contributed by atoms with van der Waals surface area (Å²) in [5.41, 5.74) is -7.81. The zero-order valence-corrected chi connectivity index (χ0v) is 25.5. The molecule has 0 aromatic heterocycles. The molecule has 1 saturated carbocycles. The highest BCUT2D eigenvalue weighted by Crippen LogP contribution is 2.59. The number of carbonyl (C=O) groups excluding carboxylic acids is 1. The average molecular weight is 704 g/mol. The van der Waals surface area contributed by atoms with Gasteiger partial charge in [-0.1, -0.05) is 18.2 Å². The normalized spacial score (nSPS) is 25.2. The van der Waals surface area contributed by atoms with Gasteiger partial charge in [0.25, 0.3) is 10.2 Å². The number of alkyl halides is 7. The monoisotopic (exact) mass is 703 g/mol. The number of halogens is 8. The van der Waals surface area contributed by atoms with Crippen LogP contribution >= 0.6 is 0 Å². The van der Waals surface area contributed by atoms with Crippen LogP contribution in [0, 0.1) is 17.7 Å². The Morgan fingerprint density at radius 1 is 0.870 bits per heavy atom. The number of nitrogens with one attached hydrogen (secondary N) is 1. The summed E-state index contributed by atoms with van der Waals surface area (Å²) in [7, 11) is -8.52. The van der Waals surface area contributed by atoms with E-state index < -0.39 is 78.0 Å². The van der Waals surface area contributed by atoms with E-state index >= 15 is 0 Å². The molecule has 254 valence electrons. The number of amides is 1. The second kappa shape index (κ2) is 11.4. The minimum absolute atomic E-state index is 0.0183. The Hall–Kier alpha value is -2.83. The fraction of sp³-hybridized carbons (Fsp3) is 0.536. The van der Waals surface area contributed by atoms with Gasteiger partial charge in [0.1, 0.15) is 10.6 Å². The standard InChI is InChI=1S/C28H29F8N3O5S2/c29-19-3-5-20(6-4-19)45(41,42)25-12-9-23(38-24(40)16-10-13-39(14-11-16)46(37,43)44)22(25)7-1-17-15-18(2-8-21(17)25)26(30,27(31,32)33)28(34,35)36/h2-6,8,15-16,22-23H,1,7,9-14H2,(H,38,40)(H2,37,43,44)/t22-,23+,25+/m0/s1. The van der Waals surface area contributed by atoms with Crippen molar-refractivity contribution in [2.45, 2.75) is 72.2 Å². The zero-order valence-electron chi connectivity index (χ0n) is 23.8. The lowest BCUT2D eigenvalue weighted by molar-refractivity contribution is -0.348. The number of sulfone groups is 1. The summed E-state index contributed by atoms with van der Waals surface area (Å²) in [6.07, 6.45) is -13.0. The van der Waals surface area contributed by atoms with Crippen LogP contribution in [0.3, 0.4) is 0 Å². The second-order valence-corrected chi connectivity index (χ2v) is 15.6. The number of nitrogens with two attached hydrogens (primary N) is 1. The maximum atomic E-state index is 15.0. The Morgan fingerprint density at radius 3 is 2.00 bits per heavy atom. The Labute approximate surface area is 259 Å². The Kier molecular flexibility index (Phi) is 8.55. The van der Waals surface area contributed by atoms with Gasteiger partial charge in [0.05, 0.1) is 4.90 Å². The lowest BCUT2D eigenvalue weighted by Crippen LogP contribution is -2.52. The van der Waals surface area contributed by atoms with Crippen LogP contribution in [0.5, 0.6) is 0 Å². The van der Waals surface area contributed by atoms with Crippen molar-refractivity contribution < 1.29 is 56.8 Å². The second-order valence-electron chi connectivity index (χ2n) is 11.9. The molecule has 0 bridgehead atoms. The topological polar surface area (TPSA) is 127 Å². The van der Waals surface area contributed by atoms with Crippen LogP contribution < -0.4 is 10.5 Å². The first-order chi connectivity index (χ1) is 21.1. The van der Waals surface area contributed by atoms with E-state index in [4.69, 9.17) is 5.14 Å². The number of hydrogen-bond donors (Lipinski definition) is 2. The van der Waals surface area contributed by atoms with Gasteiger partial charge in [-0.3, -0.25) is 4.79 Å². The number of aryl methyl sites for hydroxylation is 1. The summed E-state index contributed by atoms with van der Waals surface area (Å²) in [4.78, 5) is 12.9. The number of carbonyl (C=O) groups is 1. The summed E-state index contributed by atoms with van der Waals surface area (Å²) >= 11 is 0. The van der Waals surface area contributed by atoms with Crippen LogP contribution in [0.1, 0.15) is 48.8 Å². The van der Waals surface area contributed by atoms with Crippen LogP contribution in [-0.2, 0) is 41.7 Å². The molecule has 2 aliphatic carbocycles. The van der Waals surface area contributed by atoms with Gasteiger partial charge in [-0.15, -0.1) is 0 Å². The third kappa shape index (κ3) is 5.47. The smallest absolute Gasteiger partial charge is 0.353 e. The van der Waals surface area contributed by atoms with Gasteiger partial charge in [0.15, 0.2) is 9.84 Å². The maximum Gasteiger partial charge on any atom is 0.435 e. The predicted octanol–water partition coefficient (Wildman–Crippen LogP) is 4.54. The Bertz CT molecular complexity index is 1710. The SMILES string of the molecule is NS(=O)(=O)N1CCC(C(=O)N[C@@H]2CC[C@@]3(S(=O)(=O)c4ccc(F)cc4)c4ccc(C(F)(C(F)(F)F)C(F)(F)F)cc4CC[C@@H]23)CC1. The van der Waals surface area contributed by atoms with Gasteiger partial charge in [-0.05, 0) is 73.9 Å². The zero-order chi connectivity index (χ0) is 34.1. The fourth-order valence-electron chi connectivity index (χ4n) is 7.23. The molecule has 3 atom stereocenters. The molecule has 5 rings (SSSR count). The molecule has 1 amide bonds. The predicted molar refractivity (Wildman–Crippen MR) is 147 cm³/mol. The van der Waals surface area contributed by atoms with E-state index in [1.165, 1.54) is 0 Å². The van der Waals surface area contributed by atoms with Gasteiger partial charge in [-0.25, -0.2) is 22.3 Å². The van der Waals surface area contributed by atoms with Crippen molar-refractivity contribution in [3.8, 4) is 0 Å².